The summed E-state index contributed by atoms with van der Waals surface area (Å²) < 4.78 is 61.6. The molecule has 1 aromatic carbocycles. The average Bonchev–Trinajstić information content (AvgIpc) is 2.17. The summed E-state index contributed by atoms with van der Waals surface area (Å²) in [4.78, 5) is 0. The van der Waals surface area contributed by atoms with Crippen molar-refractivity contribution in [2.45, 2.75) is 19.1 Å². The summed E-state index contributed by atoms with van der Waals surface area (Å²) in [7, 11) is 0. The number of alkyl halides is 3. The van der Waals surface area contributed by atoms with Crippen molar-refractivity contribution >= 4 is 0 Å². The zero-order chi connectivity index (χ0) is 12.3. The Bertz CT molecular complexity index is 361. The first kappa shape index (κ1) is 12.9. The molecule has 0 heterocycles. The van der Waals surface area contributed by atoms with Gasteiger partial charge in [-0.25, -0.2) is 8.78 Å². The van der Waals surface area contributed by atoms with Crippen LogP contribution < -0.4 is 5.32 Å². The Kier molecular flexibility index (Phi) is 3.85. The molecule has 0 fully saturated rings. The molecule has 0 spiro atoms. The van der Waals surface area contributed by atoms with Crippen LogP contribution in [-0.4, -0.2) is 12.7 Å². The van der Waals surface area contributed by atoms with Crippen molar-refractivity contribution in [2.75, 3.05) is 6.54 Å². The fourth-order valence-corrected chi connectivity index (χ4v) is 1.23. The molecule has 1 N–H and O–H groups in total. The maximum Gasteiger partial charge on any atom is 0.401 e. The summed E-state index contributed by atoms with van der Waals surface area (Å²) in [5.74, 6) is -2.19. The number of rotatable bonds is 3. The Hall–Kier alpha value is -1.17. The maximum absolute atomic E-state index is 13.2. The Morgan fingerprint density at radius 2 is 1.88 bits per heavy atom. The number of benzene rings is 1. The van der Waals surface area contributed by atoms with Gasteiger partial charge in [0, 0.05) is 11.6 Å². The van der Waals surface area contributed by atoms with Gasteiger partial charge in [0.2, 0.25) is 0 Å². The first-order valence-electron chi connectivity index (χ1n) is 4.55. The van der Waals surface area contributed by atoms with Crippen LogP contribution in [0.2, 0.25) is 0 Å². The van der Waals surface area contributed by atoms with Crippen LogP contribution in [0, 0.1) is 11.6 Å². The molecule has 0 saturated heterocycles. The highest BCUT2D eigenvalue weighted by Crippen LogP contribution is 2.20. The standard InChI is InChI=1S/C10H10F5N/c1-6(16-5-10(13,14)15)7-3-2-4-8(11)9(7)12/h2-4,6,16H,5H2,1H3. The average molecular weight is 239 g/mol. The third-order valence-corrected chi connectivity index (χ3v) is 2.06. The predicted octanol–water partition coefficient (Wildman–Crippen LogP) is 3.18. The first-order chi connectivity index (χ1) is 7.31. The number of nitrogens with one attached hydrogen (secondary N) is 1. The molecular weight excluding hydrogens is 229 g/mol. The van der Waals surface area contributed by atoms with Gasteiger partial charge in [0.05, 0.1) is 6.54 Å². The van der Waals surface area contributed by atoms with E-state index < -0.39 is 30.4 Å². The first-order valence-corrected chi connectivity index (χ1v) is 4.55. The normalized spacial score (nSPS) is 13.9. The van der Waals surface area contributed by atoms with E-state index >= 15 is 0 Å². The molecule has 1 aromatic rings. The van der Waals surface area contributed by atoms with Gasteiger partial charge in [-0.2, -0.15) is 13.2 Å². The zero-order valence-electron chi connectivity index (χ0n) is 8.41. The minimum absolute atomic E-state index is 0.121. The molecule has 90 valence electrons. The van der Waals surface area contributed by atoms with Gasteiger partial charge in [-0.1, -0.05) is 12.1 Å². The molecule has 6 heteroatoms. The van der Waals surface area contributed by atoms with Crippen molar-refractivity contribution in [1.82, 2.24) is 5.32 Å². The van der Waals surface area contributed by atoms with Crippen molar-refractivity contribution in [1.29, 1.82) is 0 Å². The topological polar surface area (TPSA) is 12.0 Å². The lowest BCUT2D eigenvalue weighted by Crippen LogP contribution is -2.31. The molecule has 1 nitrogen and oxygen atoms in total. The van der Waals surface area contributed by atoms with E-state index in [9.17, 15) is 22.0 Å². The van der Waals surface area contributed by atoms with E-state index in [4.69, 9.17) is 0 Å². The van der Waals surface area contributed by atoms with E-state index in [0.29, 0.717) is 0 Å². The van der Waals surface area contributed by atoms with Gasteiger partial charge in [-0.3, -0.25) is 0 Å². The van der Waals surface area contributed by atoms with Crippen molar-refractivity contribution in [3.63, 3.8) is 0 Å². The summed E-state index contributed by atoms with van der Waals surface area (Å²) in [6, 6.07) is 2.50. The predicted molar refractivity (Wildman–Crippen MR) is 48.8 cm³/mol. The minimum Gasteiger partial charge on any atom is -0.302 e. The van der Waals surface area contributed by atoms with Crippen LogP contribution in [-0.2, 0) is 0 Å². The van der Waals surface area contributed by atoms with Gasteiger partial charge < -0.3 is 5.32 Å². The fourth-order valence-electron chi connectivity index (χ4n) is 1.23. The van der Waals surface area contributed by atoms with Gasteiger partial charge in [-0.05, 0) is 13.0 Å². The third kappa shape index (κ3) is 3.44. The second-order valence-electron chi connectivity index (χ2n) is 3.36. The summed E-state index contributed by atoms with van der Waals surface area (Å²) in [6.45, 7) is 0.0910. The molecule has 1 rings (SSSR count). The molecule has 1 atom stereocenters. The molecule has 0 radical (unpaired) electrons. The van der Waals surface area contributed by atoms with Gasteiger partial charge >= 0.3 is 6.18 Å². The zero-order valence-corrected chi connectivity index (χ0v) is 8.41. The van der Waals surface area contributed by atoms with Crippen molar-refractivity contribution in [2.24, 2.45) is 0 Å². The van der Waals surface area contributed by atoms with E-state index in [1.807, 2.05) is 0 Å². The largest absolute Gasteiger partial charge is 0.401 e. The van der Waals surface area contributed by atoms with Crippen LogP contribution in [0.1, 0.15) is 18.5 Å². The Balaban J connectivity index is 2.73. The fraction of sp³-hybridized carbons (Fsp3) is 0.400. The molecule has 0 aromatic heterocycles. The van der Waals surface area contributed by atoms with Crippen LogP contribution in [0.4, 0.5) is 22.0 Å². The van der Waals surface area contributed by atoms with Gasteiger partial charge in [0.1, 0.15) is 0 Å². The smallest absolute Gasteiger partial charge is 0.302 e. The van der Waals surface area contributed by atoms with Gasteiger partial charge in [-0.15, -0.1) is 0 Å². The molecule has 0 aliphatic rings. The summed E-state index contributed by atoms with van der Waals surface area (Å²) in [5.41, 5.74) is -0.121. The monoisotopic (exact) mass is 239 g/mol. The van der Waals surface area contributed by atoms with E-state index in [0.717, 1.165) is 6.07 Å². The van der Waals surface area contributed by atoms with Crippen LogP contribution in [0.3, 0.4) is 0 Å². The Morgan fingerprint density at radius 3 is 2.44 bits per heavy atom. The summed E-state index contributed by atoms with van der Waals surface area (Å²) in [5, 5.41) is 2.08. The lowest BCUT2D eigenvalue weighted by atomic mass is 10.1. The third-order valence-electron chi connectivity index (χ3n) is 2.06. The van der Waals surface area contributed by atoms with Crippen molar-refractivity contribution < 1.29 is 22.0 Å². The highest BCUT2D eigenvalue weighted by atomic mass is 19.4. The molecular formula is C10H10F5N. The molecule has 1 unspecified atom stereocenters. The van der Waals surface area contributed by atoms with Crippen molar-refractivity contribution in [3.8, 4) is 0 Å². The van der Waals surface area contributed by atoms with Crippen LogP contribution in [0.15, 0.2) is 18.2 Å². The van der Waals surface area contributed by atoms with Crippen molar-refractivity contribution in [3.05, 3.63) is 35.4 Å². The van der Waals surface area contributed by atoms with Gasteiger partial charge in [0.25, 0.3) is 0 Å². The summed E-state index contributed by atoms with van der Waals surface area (Å²) >= 11 is 0. The molecule has 0 aliphatic heterocycles. The van der Waals surface area contributed by atoms with E-state index in [2.05, 4.69) is 5.32 Å². The molecule has 0 amide bonds. The number of hydrogen-bond acceptors (Lipinski definition) is 1. The van der Waals surface area contributed by atoms with Crippen LogP contribution in [0.25, 0.3) is 0 Å². The number of halogens is 5. The second-order valence-corrected chi connectivity index (χ2v) is 3.36. The Morgan fingerprint density at radius 1 is 1.25 bits per heavy atom. The minimum atomic E-state index is -4.38. The highest BCUT2D eigenvalue weighted by Gasteiger charge is 2.28. The van der Waals surface area contributed by atoms with Gasteiger partial charge in [0.15, 0.2) is 11.6 Å². The Labute approximate surface area is 89.3 Å². The second kappa shape index (κ2) is 4.78. The summed E-state index contributed by atoms with van der Waals surface area (Å²) in [6.07, 6.45) is -4.38. The lowest BCUT2D eigenvalue weighted by molar-refractivity contribution is -0.126. The lowest BCUT2D eigenvalue weighted by Gasteiger charge is -2.16. The quantitative estimate of drug-likeness (QED) is 0.799. The van der Waals surface area contributed by atoms with Crippen LogP contribution in [0.5, 0.6) is 0 Å². The molecule has 0 aliphatic carbocycles. The number of hydrogen-bond donors (Lipinski definition) is 1. The molecule has 16 heavy (non-hydrogen) atoms. The SMILES string of the molecule is CC(NCC(F)(F)F)c1cccc(F)c1F. The van der Waals surface area contributed by atoms with Crippen LogP contribution >= 0.6 is 0 Å². The van der Waals surface area contributed by atoms with E-state index in [1.165, 1.54) is 19.1 Å². The van der Waals surface area contributed by atoms with E-state index in [-0.39, 0.29) is 5.56 Å². The molecule has 0 bridgehead atoms. The molecule has 0 saturated carbocycles. The van der Waals surface area contributed by atoms with E-state index in [1.54, 1.807) is 0 Å². The highest BCUT2D eigenvalue weighted by molar-refractivity contribution is 5.21. The maximum atomic E-state index is 13.2.